The number of aryl methyl sites for hydroxylation is 1. The summed E-state index contributed by atoms with van der Waals surface area (Å²) in [4.78, 5) is 15.9. The summed E-state index contributed by atoms with van der Waals surface area (Å²) in [5.41, 5.74) is 7.58. The molecule has 12 heteroatoms. The Morgan fingerprint density at radius 3 is 2.16 bits per heavy atom. The Morgan fingerprint density at radius 1 is 0.762 bits per heavy atom. The summed E-state index contributed by atoms with van der Waals surface area (Å²) in [5, 5.41) is 33.7. The van der Waals surface area contributed by atoms with Gasteiger partial charge in [-0.3, -0.25) is 4.79 Å². The van der Waals surface area contributed by atoms with Crippen molar-refractivity contribution in [1.82, 2.24) is 14.9 Å². The molecule has 11 nitrogen and oxygen atoms in total. The summed E-state index contributed by atoms with van der Waals surface area (Å²) < 4.78 is 43.0. The Morgan fingerprint density at radius 2 is 1.44 bits per heavy atom. The van der Waals surface area contributed by atoms with Crippen molar-refractivity contribution in [3.8, 4) is 16.9 Å². The number of aliphatic hydroxyl groups excluding tert-OH is 2. The summed E-state index contributed by atoms with van der Waals surface area (Å²) in [6, 6.07) is 44.9. The van der Waals surface area contributed by atoms with Gasteiger partial charge in [0.05, 0.1) is 29.8 Å². The van der Waals surface area contributed by atoms with Gasteiger partial charge in [0.25, 0.3) is 0 Å². The van der Waals surface area contributed by atoms with E-state index in [-0.39, 0.29) is 48.3 Å². The van der Waals surface area contributed by atoms with Crippen molar-refractivity contribution in [2.75, 3.05) is 20.1 Å². The average Bonchev–Trinajstić information content (AvgIpc) is 3.29. The number of nitrogens with zero attached hydrogens (tertiary/aromatic N) is 1. The lowest BCUT2D eigenvalue weighted by molar-refractivity contribution is -0.276. The van der Waals surface area contributed by atoms with Crippen molar-refractivity contribution in [2.24, 2.45) is 5.92 Å². The third kappa shape index (κ3) is 11.9. The minimum atomic E-state index is -3.99. The van der Waals surface area contributed by atoms with Crippen LogP contribution in [0, 0.1) is 12.8 Å². The Kier molecular flexibility index (Phi) is 14.9. The molecule has 1 aliphatic rings. The van der Waals surface area contributed by atoms with Crippen molar-refractivity contribution >= 4 is 15.9 Å². The molecule has 5 N–H and O–H groups in total. The largest absolute Gasteiger partial charge is 0.508 e. The molecular weight excluding hydrogens is 815 g/mol. The van der Waals surface area contributed by atoms with Crippen LogP contribution in [0.2, 0.25) is 0 Å². The summed E-state index contributed by atoms with van der Waals surface area (Å²) in [5.74, 6) is -0.432. The number of rotatable bonds is 17. The first-order valence-electron chi connectivity index (χ1n) is 21.1. The van der Waals surface area contributed by atoms with E-state index in [0.29, 0.717) is 18.7 Å². The van der Waals surface area contributed by atoms with Crippen LogP contribution in [0.15, 0.2) is 157 Å². The molecule has 0 radical (unpaired) electrons. The Balaban J connectivity index is 1.08. The summed E-state index contributed by atoms with van der Waals surface area (Å²) in [7, 11) is -2.06. The van der Waals surface area contributed by atoms with Crippen LogP contribution in [0.1, 0.15) is 64.4 Å². The number of sulfonamides is 1. The second-order valence-corrected chi connectivity index (χ2v) is 18.1. The van der Waals surface area contributed by atoms with Crippen molar-refractivity contribution < 1.29 is 38.0 Å². The van der Waals surface area contributed by atoms with Gasteiger partial charge in [0.15, 0.2) is 6.29 Å². The molecule has 0 unspecified atom stereocenters. The summed E-state index contributed by atoms with van der Waals surface area (Å²) >= 11 is 0. The van der Waals surface area contributed by atoms with Crippen molar-refractivity contribution in [2.45, 2.75) is 69.0 Å². The molecule has 0 saturated carbocycles. The SMILES string of the molecule is Cc1ccc(S(=O)(=O)N[C@H](Cc2ccccc2)C(=O)NCc2cccc(-c3cccc([C@H]4O[C@@H](CN(C)C[C@@H](O)c5cccc(O)c5)[C@@H](C)[C@@H](c5ccc(CO)cc5)O4)c3)c2)cc1. The maximum absolute atomic E-state index is 13.8. The number of hydrogen-bond donors (Lipinski definition) is 5. The highest BCUT2D eigenvalue weighted by Crippen LogP contribution is 2.42. The number of nitrogens with one attached hydrogen (secondary N) is 2. The predicted octanol–water partition coefficient (Wildman–Crippen LogP) is 7.52. The molecule has 6 aromatic rings. The average molecular weight is 870 g/mol. The van der Waals surface area contributed by atoms with Crippen LogP contribution >= 0.6 is 0 Å². The highest BCUT2D eigenvalue weighted by atomic mass is 32.2. The smallest absolute Gasteiger partial charge is 0.241 e. The van der Waals surface area contributed by atoms with Gasteiger partial charge in [0.2, 0.25) is 15.9 Å². The minimum Gasteiger partial charge on any atom is -0.508 e. The van der Waals surface area contributed by atoms with E-state index in [2.05, 4.69) is 17.0 Å². The van der Waals surface area contributed by atoms with Crippen molar-refractivity contribution in [3.05, 3.63) is 191 Å². The van der Waals surface area contributed by atoms with E-state index in [1.807, 2.05) is 122 Å². The number of carbonyl (C=O) groups excluding carboxylic acids is 1. The molecule has 0 aromatic heterocycles. The second-order valence-electron chi connectivity index (χ2n) is 16.4. The highest BCUT2D eigenvalue weighted by molar-refractivity contribution is 7.89. The molecule has 6 atom stereocenters. The van der Waals surface area contributed by atoms with Gasteiger partial charge in [-0.05, 0) is 95.7 Å². The number of benzene rings is 6. The van der Waals surface area contributed by atoms with Gasteiger partial charge >= 0.3 is 0 Å². The Hall–Kier alpha value is -5.70. The van der Waals surface area contributed by atoms with Crippen LogP contribution in [0.25, 0.3) is 11.1 Å². The van der Waals surface area contributed by atoms with Gasteiger partial charge in [0, 0.05) is 31.1 Å². The van der Waals surface area contributed by atoms with Crippen LogP contribution in [0.4, 0.5) is 0 Å². The normalized spacial score (nSPS) is 18.8. The first-order chi connectivity index (χ1) is 30.3. The van der Waals surface area contributed by atoms with Crippen LogP contribution < -0.4 is 10.0 Å². The molecule has 328 valence electrons. The number of phenols is 1. The molecule has 0 bridgehead atoms. The number of aliphatic hydroxyl groups is 2. The molecule has 0 aliphatic carbocycles. The summed E-state index contributed by atoms with van der Waals surface area (Å²) in [6.45, 7) is 4.89. The fourth-order valence-electron chi connectivity index (χ4n) is 7.89. The Labute approximate surface area is 370 Å². The Bertz CT molecular complexity index is 2560. The van der Waals surface area contributed by atoms with Crippen molar-refractivity contribution in [1.29, 1.82) is 0 Å². The zero-order valence-electron chi connectivity index (χ0n) is 35.7. The molecule has 1 fully saturated rings. The first kappa shape index (κ1) is 45.3. The third-order valence-corrected chi connectivity index (χ3v) is 13.0. The van der Waals surface area contributed by atoms with Crippen LogP contribution in [0.5, 0.6) is 5.75 Å². The van der Waals surface area contributed by atoms with E-state index >= 15 is 0 Å². The number of carbonyl (C=O) groups is 1. The maximum Gasteiger partial charge on any atom is 0.241 e. The van der Waals surface area contributed by atoms with Gasteiger partial charge in [-0.1, -0.05) is 128 Å². The topological polar surface area (TPSA) is 158 Å². The van der Waals surface area contributed by atoms with Crippen LogP contribution in [-0.4, -0.2) is 66.8 Å². The van der Waals surface area contributed by atoms with Gasteiger partial charge in [0.1, 0.15) is 11.8 Å². The minimum absolute atomic E-state index is 0.0623. The zero-order valence-corrected chi connectivity index (χ0v) is 36.5. The number of ether oxygens (including phenoxy) is 2. The van der Waals surface area contributed by atoms with E-state index in [1.54, 1.807) is 36.4 Å². The van der Waals surface area contributed by atoms with Crippen LogP contribution in [-0.2, 0) is 43.9 Å². The molecule has 7 rings (SSSR count). The number of amides is 1. The number of hydrogen-bond acceptors (Lipinski definition) is 9. The van der Waals surface area contributed by atoms with Gasteiger partial charge < -0.3 is 35.0 Å². The predicted molar refractivity (Wildman–Crippen MR) is 243 cm³/mol. The lowest BCUT2D eigenvalue weighted by Crippen LogP contribution is -2.47. The van der Waals surface area contributed by atoms with Crippen molar-refractivity contribution in [3.63, 3.8) is 0 Å². The number of likely N-dealkylation sites (N-methyl/N-ethyl adjacent to an activating group) is 1. The molecule has 6 aromatic carbocycles. The fourth-order valence-corrected chi connectivity index (χ4v) is 9.09. The molecule has 1 amide bonds. The van der Waals surface area contributed by atoms with Gasteiger partial charge in [-0.25, -0.2) is 8.42 Å². The molecule has 1 heterocycles. The van der Waals surface area contributed by atoms with Crippen LogP contribution in [0.3, 0.4) is 0 Å². The second kappa shape index (κ2) is 20.7. The standard InChI is InChI=1S/C51H55N3O8S/c1-34-18-24-45(25-19-34)63(59,60)53-46(27-36-10-5-4-6-11-36)50(58)52-30-38-12-7-13-40(26-38)41-14-8-16-43(28-41)51-61-48(32-54(3)31-47(57)42-15-9-17-44(56)29-42)35(2)49(62-51)39-22-20-37(33-55)21-23-39/h4-26,28-29,35,46-49,51,53,55-57H,27,30-33H2,1-3H3,(H,52,58)/t35-,46-,47-,48+,49+,51+/m1/s1. The molecule has 63 heavy (non-hydrogen) atoms. The number of phenolic OH excluding ortho intramolecular Hbond substituents is 1. The van der Waals surface area contributed by atoms with E-state index < -0.39 is 34.4 Å². The molecular formula is C51H55N3O8S. The monoisotopic (exact) mass is 869 g/mol. The lowest BCUT2D eigenvalue weighted by atomic mass is 9.89. The zero-order chi connectivity index (χ0) is 44.5. The first-order valence-corrected chi connectivity index (χ1v) is 22.6. The van der Waals surface area contributed by atoms with Gasteiger partial charge in [-0.15, -0.1) is 0 Å². The van der Waals surface area contributed by atoms with E-state index in [0.717, 1.165) is 44.5 Å². The quantitative estimate of drug-likeness (QED) is 0.0626. The lowest BCUT2D eigenvalue weighted by Gasteiger charge is -2.42. The number of aromatic hydroxyl groups is 1. The van der Waals surface area contributed by atoms with Gasteiger partial charge in [-0.2, -0.15) is 4.72 Å². The maximum atomic E-state index is 13.8. The fraction of sp³-hybridized carbons (Fsp3) is 0.275. The highest BCUT2D eigenvalue weighted by Gasteiger charge is 2.39. The third-order valence-electron chi connectivity index (χ3n) is 11.5. The molecule has 1 aliphatic heterocycles. The molecule has 0 spiro atoms. The van der Waals surface area contributed by atoms with E-state index in [9.17, 15) is 28.5 Å². The summed E-state index contributed by atoms with van der Waals surface area (Å²) in [6.07, 6.45) is -2.01. The molecule has 1 saturated heterocycles. The van der Waals surface area contributed by atoms with E-state index in [4.69, 9.17) is 9.47 Å². The van der Waals surface area contributed by atoms with E-state index in [1.165, 1.54) is 12.1 Å².